The molecule has 3 N–H and O–H groups in total. The van der Waals surface area contributed by atoms with Gasteiger partial charge in [0.05, 0.1) is 4.88 Å². The molecule has 0 radical (unpaired) electrons. The molecule has 19 heavy (non-hydrogen) atoms. The highest BCUT2D eigenvalue weighted by Crippen LogP contribution is 2.34. The summed E-state index contributed by atoms with van der Waals surface area (Å²) in [6.07, 6.45) is 0. The number of nitrogens with two attached hydrogens (primary N) is 1. The monoisotopic (exact) mass is 340 g/mol. The molecule has 0 amide bonds. The second-order valence-corrected chi connectivity index (χ2v) is 6.82. The predicted molar refractivity (Wildman–Crippen MR) is 84.4 cm³/mol. The molecule has 4 nitrogen and oxygen atoms in total. The molecule has 2 aromatic rings. The van der Waals surface area contributed by atoms with E-state index in [2.05, 4.69) is 52.1 Å². The highest BCUT2D eigenvalue weighted by Gasteiger charge is 2.16. The number of rotatable bonds is 3. The van der Waals surface area contributed by atoms with Crippen LogP contribution in [0.2, 0.25) is 0 Å². The minimum atomic E-state index is 0.330. The second kappa shape index (κ2) is 5.56. The molecule has 6 heteroatoms. The molecule has 0 aliphatic heterocycles. The summed E-state index contributed by atoms with van der Waals surface area (Å²) in [4.78, 5) is 11.4. The molecule has 0 fully saturated rings. The summed E-state index contributed by atoms with van der Waals surface area (Å²) in [6.45, 7) is 8.28. The number of nitrogen functional groups attached to an aromatic ring is 1. The van der Waals surface area contributed by atoms with Gasteiger partial charge in [-0.1, -0.05) is 13.8 Å². The Morgan fingerprint density at radius 1 is 1.32 bits per heavy atom. The number of hydrazine groups is 1. The summed E-state index contributed by atoms with van der Waals surface area (Å²) in [7, 11) is 0. The van der Waals surface area contributed by atoms with Crippen LogP contribution in [0.15, 0.2) is 10.5 Å². The maximum atomic E-state index is 5.59. The van der Waals surface area contributed by atoms with Crippen molar-refractivity contribution in [1.29, 1.82) is 0 Å². The zero-order valence-electron chi connectivity index (χ0n) is 11.4. The van der Waals surface area contributed by atoms with Crippen LogP contribution in [0.5, 0.6) is 0 Å². The van der Waals surface area contributed by atoms with E-state index in [1.165, 1.54) is 4.88 Å². The lowest BCUT2D eigenvalue weighted by Gasteiger charge is -2.14. The van der Waals surface area contributed by atoms with Gasteiger partial charge in [0.2, 0.25) is 0 Å². The summed E-state index contributed by atoms with van der Waals surface area (Å²) in [5.74, 6) is 7.35. The Bertz CT molecular complexity index is 587. The van der Waals surface area contributed by atoms with E-state index in [1.54, 1.807) is 11.3 Å². The lowest BCUT2D eigenvalue weighted by atomic mass is 10.0. The van der Waals surface area contributed by atoms with Crippen molar-refractivity contribution in [2.45, 2.75) is 33.6 Å². The Labute approximate surface area is 125 Å². The number of anilines is 1. The third-order valence-electron chi connectivity index (χ3n) is 2.93. The maximum Gasteiger partial charge on any atom is 0.171 e. The van der Waals surface area contributed by atoms with Crippen LogP contribution in [0, 0.1) is 13.8 Å². The van der Waals surface area contributed by atoms with E-state index < -0.39 is 0 Å². The van der Waals surface area contributed by atoms with Crippen LogP contribution in [0.25, 0.3) is 10.7 Å². The molecule has 2 heterocycles. The third-order valence-corrected chi connectivity index (χ3v) is 5.06. The average molecular weight is 341 g/mol. The maximum absolute atomic E-state index is 5.59. The molecule has 102 valence electrons. The Morgan fingerprint density at radius 2 is 2.00 bits per heavy atom. The van der Waals surface area contributed by atoms with Crippen molar-refractivity contribution in [2.24, 2.45) is 5.84 Å². The van der Waals surface area contributed by atoms with Gasteiger partial charge in [0.15, 0.2) is 5.82 Å². The fraction of sp³-hybridized carbons (Fsp3) is 0.385. The fourth-order valence-corrected chi connectivity index (χ4v) is 3.53. The summed E-state index contributed by atoms with van der Waals surface area (Å²) in [6, 6.07) is 2.05. The van der Waals surface area contributed by atoms with Crippen LogP contribution in [0.3, 0.4) is 0 Å². The van der Waals surface area contributed by atoms with Crippen LogP contribution in [0.1, 0.15) is 35.9 Å². The quantitative estimate of drug-likeness (QED) is 0.654. The number of hydrogen-bond donors (Lipinski definition) is 2. The first-order valence-corrected chi connectivity index (χ1v) is 7.66. The SMILES string of the molecule is Cc1nc(-c2cc(Br)c(C)s2)nc(NN)c1C(C)C. The normalized spacial score (nSPS) is 11.1. The lowest BCUT2D eigenvalue weighted by molar-refractivity contribution is 0.832. The molecule has 0 saturated carbocycles. The number of aromatic nitrogens is 2. The summed E-state index contributed by atoms with van der Waals surface area (Å²) >= 11 is 5.19. The molecular formula is C13H17BrN4S. The van der Waals surface area contributed by atoms with Gasteiger partial charge in [-0.15, -0.1) is 11.3 Å². The molecule has 0 bridgehead atoms. The number of thiophene rings is 1. The molecule has 0 aliphatic rings. The van der Waals surface area contributed by atoms with Gasteiger partial charge in [-0.3, -0.25) is 0 Å². The van der Waals surface area contributed by atoms with Crippen molar-refractivity contribution in [3.63, 3.8) is 0 Å². The van der Waals surface area contributed by atoms with E-state index in [0.717, 1.165) is 20.6 Å². The third kappa shape index (κ3) is 2.80. The van der Waals surface area contributed by atoms with Crippen molar-refractivity contribution in [1.82, 2.24) is 9.97 Å². The van der Waals surface area contributed by atoms with Gasteiger partial charge in [0, 0.05) is 20.6 Å². The van der Waals surface area contributed by atoms with Crippen molar-refractivity contribution >= 4 is 33.1 Å². The Hall–Kier alpha value is -0.980. The summed E-state index contributed by atoms with van der Waals surface area (Å²) < 4.78 is 1.09. The van der Waals surface area contributed by atoms with E-state index in [-0.39, 0.29) is 0 Å². The van der Waals surface area contributed by atoms with E-state index in [1.807, 2.05) is 13.0 Å². The highest BCUT2D eigenvalue weighted by atomic mass is 79.9. The largest absolute Gasteiger partial charge is 0.308 e. The van der Waals surface area contributed by atoms with E-state index in [4.69, 9.17) is 5.84 Å². The van der Waals surface area contributed by atoms with Gasteiger partial charge >= 0.3 is 0 Å². The lowest BCUT2D eigenvalue weighted by Crippen LogP contribution is -2.14. The molecule has 0 saturated heterocycles. The number of halogens is 1. The number of nitrogens with one attached hydrogen (secondary N) is 1. The molecule has 0 atom stereocenters. The topological polar surface area (TPSA) is 63.8 Å². The zero-order chi connectivity index (χ0) is 14.2. The molecule has 0 unspecified atom stereocenters. The Balaban J connectivity index is 2.57. The summed E-state index contributed by atoms with van der Waals surface area (Å²) in [5.41, 5.74) is 4.73. The fourth-order valence-electron chi connectivity index (χ4n) is 2.06. The standard InChI is InChI=1S/C13H17BrN4S/c1-6(2)11-7(3)16-12(17-13(11)18-15)10-5-9(14)8(4)19-10/h5-6H,15H2,1-4H3,(H,16,17,18). The van der Waals surface area contributed by atoms with Crippen LogP contribution in [0.4, 0.5) is 5.82 Å². The molecule has 2 aromatic heterocycles. The van der Waals surface area contributed by atoms with Gasteiger partial charge < -0.3 is 5.43 Å². The van der Waals surface area contributed by atoms with Gasteiger partial charge in [0.25, 0.3) is 0 Å². The second-order valence-electron chi connectivity index (χ2n) is 4.71. The number of hydrogen-bond acceptors (Lipinski definition) is 5. The molecule has 0 aromatic carbocycles. The average Bonchev–Trinajstić information content (AvgIpc) is 2.68. The van der Waals surface area contributed by atoms with Crippen molar-refractivity contribution in [2.75, 3.05) is 5.43 Å². The Kier molecular flexibility index (Phi) is 4.23. The smallest absolute Gasteiger partial charge is 0.171 e. The first-order valence-electron chi connectivity index (χ1n) is 6.05. The summed E-state index contributed by atoms with van der Waals surface area (Å²) in [5, 5.41) is 0. The van der Waals surface area contributed by atoms with Crippen LogP contribution < -0.4 is 11.3 Å². The first kappa shape index (κ1) is 14.4. The molecule has 0 spiro atoms. The number of aryl methyl sites for hydroxylation is 2. The minimum absolute atomic E-state index is 0.330. The van der Waals surface area contributed by atoms with E-state index >= 15 is 0 Å². The van der Waals surface area contributed by atoms with Gasteiger partial charge in [-0.25, -0.2) is 15.8 Å². The zero-order valence-corrected chi connectivity index (χ0v) is 13.8. The molecular weight excluding hydrogens is 324 g/mol. The van der Waals surface area contributed by atoms with Crippen LogP contribution in [-0.4, -0.2) is 9.97 Å². The first-order chi connectivity index (χ1) is 8.93. The highest BCUT2D eigenvalue weighted by molar-refractivity contribution is 9.10. The Morgan fingerprint density at radius 3 is 2.47 bits per heavy atom. The van der Waals surface area contributed by atoms with Crippen molar-refractivity contribution < 1.29 is 0 Å². The number of nitrogens with zero attached hydrogens (tertiary/aromatic N) is 2. The van der Waals surface area contributed by atoms with Gasteiger partial charge in [0.1, 0.15) is 5.82 Å². The van der Waals surface area contributed by atoms with E-state index in [9.17, 15) is 0 Å². The molecule has 0 aliphatic carbocycles. The molecule has 2 rings (SSSR count). The van der Waals surface area contributed by atoms with Gasteiger partial charge in [-0.2, -0.15) is 0 Å². The van der Waals surface area contributed by atoms with E-state index in [0.29, 0.717) is 17.6 Å². The van der Waals surface area contributed by atoms with Crippen molar-refractivity contribution in [3.8, 4) is 10.7 Å². The van der Waals surface area contributed by atoms with Crippen LogP contribution in [-0.2, 0) is 0 Å². The van der Waals surface area contributed by atoms with Crippen LogP contribution >= 0.6 is 27.3 Å². The predicted octanol–water partition coefficient (Wildman–Crippen LogP) is 3.99. The minimum Gasteiger partial charge on any atom is -0.308 e. The van der Waals surface area contributed by atoms with Crippen molar-refractivity contribution in [3.05, 3.63) is 26.7 Å². The van der Waals surface area contributed by atoms with Gasteiger partial charge in [-0.05, 0) is 41.8 Å².